The summed E-state index contributed by atoms with van der Waals surface area (Å²) in [5.41, 5.74) is 0.599. The molecular formula is C15H15BrN2O5S. The van der Waals surface area contributed by atoms with Crippen LogP contribution < -0.4 is 19.9 Å². The molecule has 0 aliphatic rings. The molecule has 0 fully saturated rings. The maximum atomic E-state index is 12.4. The molecule has 7 nitrogen and oxygen atoms in total. The number of benzene rings is 2. The first kappa shape index (κ1) is 18.2. The molecule has 0 heterocycles. The average Bonchev–Trinajstić information content (AvgIpc) is 2.53. The third-order valence-electron chi connectivity index (χ3n) is 3.15. The molecule has 24 heavy (non-hydrogen) atoms. The lowest BCUT2D eigenvalue weighted by Gasteiger charge is -2.11. The van der Waals surface area contributed by atoms with E-state index in [0.29, 0.717) is 21.7 Å². The van der Waals surface area contributed by atoms with Crippen molar-refractivity contribution in [1.82, 2.24) is 0 Å². The van der Waals surface area contributed by atoms with Gasteiger partial charge in [-0.05, 0) is 46.3 Å². The number of sulfonamides is 1. The molecule has 0 saturated heterocycles. The number of ether oxygens (including phenoxy) is 2. The highest BCUT2D eigenvalue weighted by Crippen LogP contribution is 2.30. The van der Waals surface area contributed by atoms with Gasteiger partial charge in [-0.3, -0.25) is 4.79 Å². The van der Waals surface area contributed by atoms with Crippen molar-refractivity contribution in [1.29, 1.82) is 0 Å². The topological polar surface area (TPSA) is 108 Å². The maximum absolute atomic E-state index is 12.4. The number of methoxy groups -OCH3 is 2. The Morgan fingerprint density at radius 3 is 2.33 bits per heavy atom. The zero-order chi connectivity index (χ0) is 17.9. The molecule has 1 amide bonds. The summed E-state index contributed by atoms with van der Waals surface area (Å²) in [6.45, 7) is 0. The second kappa shape index (κ2) is 7.20. The normalized spacial score (nSPS) is 11.0. The van der Waals surface area contributed by atoms with Gasteiger partial charge in [-0.15, -0.1) is 0 Å². The van der Waals surface area contributed by atoms with Gasteiger partial charge in [0.2, 0.25) is 10.0 Å². The zero-order valence-corrected chi connectivity index (χ0v) is 15.3. The monoisotopic (exact) mass is 414 g/mol. The summed E-state index contributed by atoms with van der Waals surface area (Å²) in [6.07, 6.45) is 0. The van der Waals surface area contributed by atoms with Gasteiger partial charge < -0.3 is 14.8 Å². The molecule has 0 unspecified atom stereocenters. The Hall–Kier alpha value is -2.10. The molecule has 3 N–H and O–H groups in total. The number of halogens is 1. The predicted octanol–water partition coefficient (Wildman–Crippen LogP) is 2.37. The van der Waals surface area contributed by atoms with Crippen LogP contribution in [0.15, 0.2) is 45.8 Å². The summed E-state index contributed by atoms with van der Waals surface area (Å²) in [7, 11) is -0.918. The van der Waals surface area contributed by atoms with Gasteiger partial charge in [0.05, 0.1) is 24.7 Å². The standard InChI is InChI=1S/C15H15BrN2O5S/c1-22-13-6-3-9(7-14(13)23-2)18-15(19)11-8-10(24(17,20)21)4-5-12(11)16/h3-8H,1-2H3,(H,18,19)(H2,17,20,21). The van der Waals surface area contributed by atoms with E-state index in [-0.39, 0.29) is 10.5 Å². The van der Waals surface area contributed by atoms with Crippen LogP contribution in [0.1, 0.15) is 10.4 Å². The van der Waals surface area contributed by atoms with Crippen LogP contribution in [0.3, 0.4) is 0 Å². The highest BCUT2D eigenvalue weighted by Gasteiger charge is 2.16. The van der Waals surface area contributed by atoms with E-state index in [2.05, 4.69) is 21.2 Å². The highest BCUT2D eigenvalue weighted by molar-refractivity contribution is 9.10. The molecular weight excluding hydrogens is 400 g/mol. The molecule has 0 radical (unpaired) electrons. The van der Waals surface area contributed by atoms with Crippen molar-refractivity contribution >= 4 is 37.5 Å². The molecule has 0 aromatic heterocycles. The molecule has 0 bridgehead atoms. The molecule has 2 aromatic rings. The van der Waals surface area contributed by atoms with E-state index in [4.69, 9.17) is 14.6 Å². The molecule has 0 aliphatic heterocycles. The molecule has 0 spiro atoms. The van der Waals surface area contributed by atoms with Gasteiger partial charge in [-0.1, -0.05) is 0 Å². The summed E-state index contributed by atoms with van der Waals surface area (Å²) in [5, 5.41) is 7.76. The number of primary sulfonamides is 1. The second-order valence-electron chi connectivity index (χ2n) is 4.71. The summed E-state index contributed by atoms with van der Waals surface area (Å²) in [5.74, 6) is 0.472. The predicted molar refractivity (Wildman–Crippen MR) is 93.0 cm³/mol. The van der Waals surface area contributed by atoms with Crippen LogP contribution >= 0.6 is 15.9 Å². The van der Waals surface area contributed by atoms with Gasteiger partial charge >= 0.3 is 0 Å². The number of anilines is 1. The van der Waals surface area contributed by atoms with Crippen LogP contribution in [0.4, 0.5) is 5.69 Å². The zero-order valence-electron chi connectivity index (χ0n) is 12.9. The summed E-state index contributed by atoms with van der Waals surface area (Å²) in [6, 6.07) is 8.83. The third-order valence-corrected chi connectivity index (χ3v) is 4.75. The quantitative estimate of drug-likeness (QED) is 0.780. The number of carbonyl (C=O) groups excluding carboxylic acids is 1. The van der Waals surface area contributed by atoms with Crippen molar-refractivity contribution in [2.24, 2.45) is 5.14 Å². The van der Waals surface area contributed by atoms with E-state index in [1.165, 1.54) is 32.4 Å². The van der Waals surface area contributed by atoms with Crippen molar-refractivity contribution in [2.75, 3.05) is 19.5 Å². The fourth-order valence-corrected chi connectivity index (χ4v) is 2.93. The van der Waals surface area contributed by atoms with Crippen LogP contribution in [-0.4, -0.2) is 28.5 Å². The Morgan fingerprint density at radius 1 is 1.08 bits per heavy atom. The number of nitrogens with two attached hydrogens (primary N) is 1. The molecule has 0 saturated carbocycles. The fraction of sp³-hybridized carbons (Fsp3) is 0.133. The van der Waals surface area contributed by atoms with Crippen LogP contribution in [0.2, 0.25) is 0 Å². The van der Waals surface area contributed by atoms with Crippen molar-refractivity contribution in [2.45, 2.75) is 4.90 Å². The van der Waals surface area contributed by atoms with E-state index in [1.54, 1.807) is 18.2 Å². The number of nitrogens with one attached hydrogen (secondary N) is 1. The number of carbonyl (C=O) groups is 1. The van der Waals surface area contributed by atoms with E-state index in [1.807, 2.05) is 0 Å². The third kappa shape index (κ3) is 4.05. The van der Waals surface area contributed by atoms with E-state index in [0.717, 1.165) is 0 Å². The summed E-state index contributed by atoms with van der Waals surface area (Å²) < 4.78 is 33.6. The second-order valence-corrected chi connectivity index (χ2v) is 7.13. The summed E-state index contributed by atoms with van der Waals surface area (Å²) >= 11 is 3.22. The highest BCUT2D eigenvalue weighted by atomic mass is 79.9. The molecule has 2 rings (SSSR count). The Morgan fingerprint density at radius 2 is 1.75 bits per heavy atom. The minimum Gasteiger partial charge on any atom is -0.493 e. The SMILES string of the molecule is COc1ccc(NC(=O)c2cc(S(N)(=O)=O)ccc2Br)cc1OC. The lowest BCUT2D eigenvalue weighted by molar-refractivity contribution is 0.102. The van der Waals surface area contributed by atoms with Gasteiger partial charge in [0.15, 0.2) is 11.5 Å². The molecule has 2 aromatic carbocycles. The van der Waals surface area contributed by atoms with Crippen LogP contribution in [0, 0.1) is 0 Å². The first-order chi connectivity index (χ1) is 11.3. The Balaban J connectivity index is 2.33. The Kier molecular flexibility index (Phi) is 5.47. The lowest BCUT2D eigenvalue weighted by Crippen LogP contribution is -2.16. The van der Waals surface area contributed by atoms with Gasteiger partial charge in [-0.2, -0.15) is 0 Å². The van der Waals surface area contributed by atoms with Gasteiger partial charge in [-0.25, -0.2) is 13.6 Å². The molecule has 0 atom stereocenters. The van der Waals surface area contributed by atoms with E-state index in [9.17, 15) is 13.2 Å². The first-order valence-corrected chi connectivity index (χ1v) is 8.96. The van der Waals surface area contributed by atoms with Gasteiger partial charge in [0.1, 0.15) is 0 Å². The van der Waals surface area contributed by atoms with E-state index < -0.39 is 15.9 Å². The van der Waals surface area contributed by atoms with E-state index >= 15 is 0 Å². The fourth-order valence-electron chi connectivity index (χ4n) is 1.97. The first-order valence-electron chi connectivity index (χ1n) is 6.62. The van der Waals surface area contributed by atoms with Crippen LogP contribution in [0.25, 0.3) is 0 Å². The van der Waals surface area contributed by atoms with Crippen LogP contribution in [0.5, 0.6) is 11.5 Å². The van der Waals surface area contributed by atoms with Gasteiger partial charge in [0.25, 0.3) is 5.91 Å². The molecule has 9 heteroatoms. The van der Waals surface area contributed by atoms with Crippen molar-refractivity contribution in [3.8, 4) is 11.5 Å². The Bertz CT molecular complexity index is 883. The lowest BCUT2D eigenvalue weighted by atomic mass is 10.2. The van der Waals surface area contributed by atoms with Gasteiger partial charge in [0, 0.05) is 16.2 Å². The molecule has 128 valence electrons. The largest absolute Gasteiger partial charge is 0.493 e. The minimum atomic E-state index is -3.91. The molecule has 0 aliphatic carbocycles. The summed E-state index contributed by atoms with van der Waals surface area (Å²) in [4.78, 5) is 12.3. The maximum Gasteiger partial charge on any atom is 0.256 e. The van der Waals surface area contributed by atoms with Crippen LogP contribution in [-0.2, 0) is 10.0 Å². The van der Waals surface area contributed by atoms with Crippen molar-refractivity contribution < 1.29 is 22.7 Å². The Labute approximate surface area is 147 Å². The van der Waals surface area contributed by atoms with Crippen molar-refractivity contribution in [3.63, 3.8) is 0 Å². The smallest absolute Gasteiger partial charge is 0.256 e. The number of hydrogen-bond acceptors (Lipinski definition) is 5. The van der Waals surface area contributed by atoms with Crippen molar-refractivity contribution in [3.05, 3.63) is 46.4 Å². The number of rotatable bonds is 5. The minimum absolute atomic E-state index is 0.135. The number of amides is 1. The average molecular weight is 415 g/mol. The number of hydrogen-bond donors (Lipinski definition) is 2.